The minimum atomic E-state index is -0.769. The van der Waals surface area contributed by atoms with E-state index in [4.69, 9.17) is 4.74 Å². The minimum Gasteiger partial charge on any atom is -0.493 e. The van der Waals surface area contributed by atoms with Crippen molar-refractivity contribution >= 4 is 0 Å². The van der Waals surface area contributed by atoms with E-state index in [1.807, 2.05) is 19.1 Å². The van der Waals surface area contributed by atoms with Gasteiger partial charge in [-0.1, -0.05) is 29.8 Å². The Hall–Kier alpha value is -1.87. The standard InChI is InChI=1S/C18H19FO2/c1-12-2-5-16(19)15(10-12)17(20)6-3-13-4-7-18-14(11-13)8-9-21-18/h2,4-5,7,10-11,17,20H,3,6,8-9H2,1H3. The van der Waals surface area contributed by atoms with Crippen LogP contribution in [0.3, 0.4) is 0 Å². The van der Waals surface area contributed by atoms with Crippen molar-refractivity contribution in [3.8, 4) is 5.75 Å². The van der Waals surface area contributed by atoms with Gasteiger partial charge in [-0.2, -0.15) is 0 Å². The van der Waals surface area contributed by atoms with Crippen molar-refractivity contribution in [3.63, 3.8) is 0 Å². The Morgan fingerprint density at radius 2 is 2.10 bits per heavy atom. The monoisotopic (exact) mass is 286 g/mol. The molecule has 0 spiro atoms. The summed E-state index contributed by atoms with van der Waals surface area (Å²) < 4.78 is 19.2. The zero-order valence-electron chi connectivity index (χ0n) is 12.1. The molecule has 2 nitrogen and oxygen atoms in total. The molecule has 1 heterocycles. The summed E-state index contributed by atoms with van der Waals surface area (Å²) in [7, 11) is 0. The Balaban J connectivity index is 1.68. The quantitative estimate of drug-likeness (QED) is 0.928. The van der Waals surface area contributed by atoms with E-state index in [9.17, 15) is 9.50 Å². The third-order valence-corrected chi connectivity index (χ3v) is 3.97. The van der Waals surface area contributed by atoms with E-state index in [2.05, 4.69) is 6.07 Å². The maximum atomic E-state index is 13.7. The molecule has 110 valence electrons. The van der Waals surface area contributed by atoms with Gasteiger partial charge in [-0.05, 0) is 43.0 Å². The van der Waals surface area contributed by atoms with Crippen molar-refractivity contribution in [1.82, 2.24) is 0 Å². The molecule has 3 heteroatoms. The molecule has 21 heavy (non-hydrogen) atoms. The van der Waals surface area contributed by atoms with Gasteiger partial charge in [-0.25, -0.2) is 4.39 Å². The highest BCUT2D eigenvalue weighted by molar-refractivity contribution is 5.40. The first kappa shape index (κ1) is 14.1. The van der Waals surface area contributed by atoms with Gasteiger partial charge in [0.05, 0.1) is 12.7 Å². The lowest BCUT2D eigenvalue weighted by molar-refractivity contribution is 0.163. The predicted molar refractivity (Wildman–Crippen MR) is 80.1 cm³/mol. The Morgan fingerprint density at radius 1 is 1.24 bits per heavy atom. The van der Waals surface area contributed by atoms with Crippen LogP contribution in [0.15, 0.2) is 36.4 Å². The van der Waals surface area contributed by atoms with Crippen LogP contribution >= 0.6 is 0 Å². The Kier molecular flexibility index (Phi) is 3.93. The molecular weight excluding hydrogens is 267 g/mol. The van der Waals surface area contributed by atoms with Crippen LogP contribution in [0.25, 0.3) is 0 Å². The predicted octanol–water partition coefficient (Wildman–Crippen LogP) is 3.74. The molecule has 1 unspecified atom stereocenters. The van der Waals surface area contributed by atoms with Crippen molar-refractivity contribution in [2.24, 2.45) is 0 Å². The SMILES string of the molecule is Cc1ccc(F)c(C(O)CCc2ccc3c(c2)CCO3)c1. The highest BCUT2D eigenvalue weighted by Gasteiger charge is 2.15. The fourth-order valence-electron chi connectivity index (χ4n) is 2.77. The molecule has 0 aromatic heterocycles. The van der Waals surface area contributed by atoms with E-state index < -0.39 is 6.10 Å². The van der Waals surface area contributed by atoms with Gasteiger partial charge in [-0.15, -0.1) is 0 Å². The summed E-state index contributed by atoms with van der Waals surface area (Å²) in [5, 5.41) is 10.2. The Morgan fingerprint density at radius 3 is 2.95 bits per heavy atom. The molecule has 1 aliphatic heterocycles. The summed E-state index contributed by atoms with van der Waals surface area (Å²) in [6.07, 6.45) is 1.41. The van der Waals surface area contributed by atoms with Gasteiger partial charge in [0.1, 0.15) is 11.6 Å². The molecule has 2 aromatic carbocycles. The number of ether oxygens (including phenoxy) is 1. The highest BCUT2D eigenvalue weighted by Crippen LogP contribution is 2.28. The molecule has 1 N–H and O–H groups in total. The lowest BCUT2D eigenvalue weighted by Gasteiger charge is -2.13. The molecule has 0 aliphatic carbocycles. The van der Waals surface area contributed by atoms with E-state index in [-0.39, 0.29) is 5.82 Å². The molecule has 0 radical (unpaired) electrons. The first-order chi connectivity index (χ1) is 10.1. The average Bonchev–Trinajstić information content (AvgIpc) is 2.94. The topological polar surface area (TPSA) is 29.5 Å². The number of rotatable bonds is 4. The van der Waals surface area contributed by atoms with Gasteiger partial charge >= 0.3 is 0 Å². The fourth-order valence-corrected chi connectivity index (χ4v) is 2.77. The molecule has 0 saturated carbocycles. The summed E-state index contributed by atoms with van der Waals surface area (Å²) >= 11 is 0. The molecule has 3 rings (SSSR count). The molecule has 1 atom stereocenters. The van der Waals surface area contributed by atoms with E-state index in [1.165, 1.54) is 11.6 Å². The fraction of sp³-hybridized carbons (Fsp3) is 0.333. The molecule has 0 fully saturated rings. The van der Waals surface area contributed by atoms with Crippen molar-refractivity contribution < 1.29 is 14.2 Å². The molecule has 1 aliphatic rings. The highest BCUT2D eigenvalue weighted by atomic mass is 19.1. The van der Waals surface area contributed by atoms with Gasteiger partial charge in [0.15, 0.2) is 0 Å². The first-order valence-electron chi connectivity index (χ1n) is 7.32. The van der Waals surface area contributed by atoms with Crippen LogP contribution in [0, 0.1) is 12.7 Å². The number of aryl methyl sites for hydroxylation is 2. The molecular formula is C18H19FO2. The number of hydrogen-bond acceptors (Lipinski definition) is 2. The van der Waals surface area contributed by atoms with Gasteiger partial charge in [0.25, 0.3) is 0 Å². The normalized spacial score (nSPS) is 14.6. The van der Waals surface area contributed by atoms with Crippen molar-refractivity contribution in [1.29, 1.82) is 0 Å². The third-order valence-electron chi connectivity index (χ3n) is 3.97. The van der Waals surface area contributed by atoms with Crippen LogP contribution in [0.1, 0.15) is 34.8 Å². The van der Waals surface area contributed by atoms with E-state index in [0.29, 0.717) is 12.0 Å². The van der Waals surface area contributed by atoms with Gasteiger partial charge in [-0.3, -0.25) is 0 Å². The number of benzene rings is 2. The number of hydrogen-bond donors (Lipinski definition) is 1. The summed E-state index contributed by atoms with van der Waals surface area (Å²) in [5.74, 6) is 0.625. The number of aliphatic hydroxyl groups is 1. The van der Waals surface area contributed by atoms with E-state index in [0.717, 1.165) is 36.3 Å². The van der Waals surface area contributed by atoms with Crippen LogP contribution in [0.5, 0.6) is 5.75 Å². The maximum Gasteiger partial charge on any atom is 0.129 e. The van der Waals surface area contributed by atoms with Crippen molar-refractivity contribution in [2.75, 3.05) is 6.61 Å². The van der Waals surface area contributed by atoms with Gasteiger partial charge in [0.2, 0.25) is 0 Å². The third kappa shape index (κ3) is 3.08. The smallest absolute Gasteiger partial charge is 0.129 e. The largest absolute Gasteiger partial charge is 0.493 e. The lowest BCUT2D eigenvalue weighted by atomic mass is 9.98. The maximum absolute atomic E-state index is 13.7. The van der Waals surface area contributed by atoms with Crippen molar-refractivity contribution in [2.45, 2.75) is 32.3 Å². The van der Waals surface area contributed by atoms with Crippen LogP contribution in [0.4, 0.5) is 4.39 Å². The van der Waals surface area contributed by atoms with E-state index >= 15 is 0 Å². The van der Waals surface area contributed by atoms with Gasteiger partial charge in [0, 0.05) is 12.0 Å². The Labute approximate surface area is 124 Å². The second-order valence-corrected chi connectivity index (χ2v) is 5.62. The average molecular weight is 286 g/mol. The summed E-state index contributed by atoms with van der Waals surface area (Å²) in [6.45, 7) is 2.64. The van der Waals surface area contributed by atoms with Crippen molar-refractivity contribution in [3.05, 3.63) is 64.5 Å². The first-order valence-corrected chi connectivity index (χ1v) is 7.32. The zero-order valence-corrected chi connectivity index (χ0v) is 12.1. The summed E-state index contributed by atoms with van der Waals surface area (Å²) in [4.78, 5) is 0. The van der Waals surface area contributed by atoms with Gasteiger partial charge < -0.3 is 9.84 Å². The second kappa shape index (κ2) is 5.86. The summed E-state index contributed by atoms with van der Waals surface area (Å²) in [6, 6.07) is 11.0. The Bertz CT molecular complexity index is 652. The summed E-state index contributed by atoms with van der Waals surface area (Å²) in [5.41, 5.74) is 3.73. The van der Waals surface area contributed by atoms with E-state index in [1.54, 1.807) is 12.1 Å². The minimum absolute atomic E-state index is 0.338. The number of aliphatic hydroxyl groups excluding tert-OH is 1. The van der Waals surface area contributed by atoms with Crippen LogP contribution < -0.4 is 4.74 Å². The molecule has 0 saturated heterocycles. The number of halogens is 1. The van der Waals surface area contributed by atoms with Crippen LogP contribution in [-0.4, -0.2) is 11.7 Å². The molecule has 0 bridgehead atoms. The number of fused-ring (bicyclic) bond motifs is 1. The lowest BCUT2D eigenvalue weighted by Crippen LogP contribution is -2.03. The second-order valence-electron chi connectivity index (χ2n) is 5.62. The van der Waals surface area contributed by atoms with Crippen LogP contribution in [-0.2, 0) is 12.8 Å². The van der Waals surface area contributed by atoms with Crippen LogP contribution in [0.2, 0.25) is 0 Å². The molecule has 2 aromatic rings. The zero-order chi connectivity index (χ0) is 14.8. The molecule has 0 amide bonds.